The number of hydrogen-bond donors (Lipinski definition) is 4. The average molecular weight is 361 g/mol. The molecule has 8 heteroatoms. The Labute approximate surface area is 151 Å². The van der Waals surface area contributed by atoms with E-state index in [2.05, 4.69) is 22.5 Å². The summed E-state index contributed by atoms with van der Waals surface area (Å²) in [6.07, 6.45) is 1.86. The first-order chi connectivity index (χ1) is 12.3. The van der Waals surface area contributed by atoms with Gasteiger partial charge in [0.05, 0.1) is 0 Å². The smallest absolute Gasteiger partial charge is 0.322 e. The van der Waals surface area contributed by atoms with E-state index in [4.69, 9.17) is 5.11 Å². The van der Waals surface area contributed by atoms with Crippen LogP contribution in [0, 0.1) is 0 Å². The van der Waals surface area contributed by atoms with Gasteiger partial charge in [-0.3, -0.25) is 19.2 Å². The monoisotopic (exact) mass is 361 g/mol. The van der Waals surface area contributed by atoms with Crippen LogP contribution in [-0.2, 0) is 25.6 Å². The molecule has 0 aromatic heterocycles. The Bertz CT molecular complexity index is 660. The molecule has 8 nitrogen and oxygen atoms in total. The van der Waals surface area contributed by atoms with E-state index in [0.717, 1.165) is 5.56 Å². The fourth-order valence-corrected chi connectivity index (χ4v) is 2.26. The molecule has 0 saturated heterocycles. The van der Waals surface area contributed by atoms with Gasteiger partial charge in [0.15, 0.2) is 0 Å². The van der Waals surface area contributed by atoms with Crippen LogP contribution >= 0.6 is 0 Å². The van der Waals surface area contributed by atoms with Crippen molar-refractivity contribution in [2.24, 2.45) is 0 Å². The van der Waals surface area contributed by atoms with Gasteiger partial charge in [-0.05, 0) is 12.0 Å². The lowest BCUT2D eigenvalue weighted by molar-refractivity contribution is -0.138. The molecule has 4 N–H and O–H groups in total. The third-order valence-corrected chi connectivity index (χ3v) is 3.43. The van der Waals surface area contributed by atoms with Crippen LogP contribution < -0.4 is 16.0 Å². The Hall–Kier alpha value is -3.16. The number of carboxylic acids is 1. The summed E-state index contributed by atoms with van der Waals surface area (Å²) in [6.45, 7) is 4.27. The van der Waals surface area contributed by atoms with E-state index in [1.165, 1.54) is 13.0 Å². The first-order valence-electron chi connectivity index (χ1n) is 8.05. The summed E-state index contributed by atoms with van der Waals surface area (Å²) in [7, 11) is 0. The van der Waals surface area contributed by atoms with Gasteiger partial charge in [-0.1, -0.05) is 36.4 Å². The van der Waals surface area contributed by atoms with Crippen molar-refractivity contribution in [1.29, 1.82) is 0 Å². The van der Waals surface area contributed by atoms with Crippen molar-refractivity contribution >= 4 is 23.7 Å². The Kier molecular flexibility index (Phi) is 8.56. The Morgan fingerprint density at radius 2 is 1.73 bits per heavy atom. The first-order valence-corrected chi connectivity index (χ1v) is 8.05. The van der Waals surface area contributed by atoms with Crippen molar-refractivity contribution in [3.8, 4) is 0 Å². The van der Waals surface area contributed by atoms with Crippen LogP contribution in [0.3, 0.4) is 0 Å². The van der Waals surface area contributed by atoms with Gasteiger partial charge in [-0.25, -0.2) is 0 Å². The number of benzene rings is 1. The van der Waals surface area contributed by atoms with E-state index in [-0.39, 0.29) is 18.7 Å². The summed E-state index contributed by atoms with van der Waals surface area (Å²) >= 11 is 0. The van der Waals surface area contributed by atoms with E-state index >= 15 is 0 Å². The number of nitrogens with one attached hydrogen (secondary N) is 3. The summed E-state index contributed by atoms with van der Waals surface area (Å²) in [4.78, 5) is 46.6. The number of carboxylic acid groups (broad SMARTS) is 1. The summed E-state index contributed by atoms with van der Waals surface area (Å²) in [6, 6.07) is 7.14. The molecule has 0 bridgehead atoms. The summed E-state index contributed by atoms with van der Waals surface area (Å²) < 4.78 is 0. The van der Waals surface area contributed by atoms with E-state index < -0.39 is 36.4 Å². The number of amides is 3. The number of aliphatic carboxylic acids is 1. The Morgan fingerprint density at radius 1 is 1.08 bits per heavy atom. The molecular formula is C18H23N3O5. The van der Waals surface area contributed by atoms with E-state index in [9.17, 15) is 19.2 Å². The number of hydrogen-bond acceptors (Lipinski definition) is 4. The molecule has 140 valence electrons. The average Bonchev–Trinajstić information content (AvgIpc) is 2.59. The van der Waals surface area contributed by atoms with Crippen molar-refractivity contribution in [2.75, 3.05) is 6.54 Å². The Balaban J connectivity index is 2.89. The standard InChI is InChI=1S/C18H23N3O5/c1-3-7-14(20-12(2)22)18(26)21-15(17(25)19-11-16(23)24)10-13-8-5-4-6-9-13/h3-6,8-9,14-15H,1,7,10-11H2,2H3,(H,19,25)(H,20,22)(H,21,26)(H,23,24)/t14-,15+/m1/s1. The van der Waals surface area contributed by atoms with Crippen molar-refractivity contribution in [1.82, 2.24) is 16.0 Å². The maximum atomic E-state index is 12.4. The van der Waals surface area contributed by atoms with Crippen LogP contribution in [0.2, 0.25) is 0 Å². The minimum atomic E-state index is -1.19. The SMILES string of the molecule is C=CC[C@@H](NC(C)=O)C(=O)N[C@@H](Cc1ccccc1)C(=O)NCC(=O)O. The molecule has 0 heterocycles. The predicted molar refractivity (Wildman–Crippen MR) is 95.1 cm³/mol. The van der Waals surface area contributed by atoms with Gasteiger partial charge in [0.1, 0.15) is 18.6 Å². The van der Waals surface area contributed by atoms with Crippen LogP contribution in [0.15, 0.2) is 43.0 Å². The van der Waals surface area contributed by atoms with Gasteiger partial charge >= 0.3 is 5.97 Å². The molecule has 0 spiro atoms. The maximum absolute atomic E-state index is 12.4. The molecule has 1 aromatic carbocycles. The summed E-state index contributed by atoms with van der Waals surface area (Å²) in [5, 5.41) is 16.0. The second kappa shape index (κ2) is 10.7. The lowest BCUT2D eigenvalue weighted by Gasteiger charge is -2.22. The lowest BCUT2D eigenvalue weighted by atomic mass is 10.0. The van der Waals surface area contributed by atoms with E-state index in [1.807, 2.05) is 6.07 Å². The predicted octanol–water partition coefficient (Wildman–Crippen LogP) is -0.00450. The zero-order chi connectivity index (χ0) is 19.5. The Morgan fingerprint density at radius 3 is 2.27 bits per heavy atom. The zero-order valence-corrected chi connectivity index (χ0v) is 14.5. The van der Waals surface area contributed by atoms with Gasteiger partial charge in [0, 0.05) is 13.3 Å². The second-order valence-electron chi connectivity index (χ2n) is 5.64. The molecule has 3 amide bonds. The third kappa shape index (κ3) is 7.61. The van der Waals surface area contributed by atoms with Crippen molar-refractivity contribution in [3.63, 3.8) is 0 Å². The normalized spacial score (nSPS) is 12.3. The molecule has 0 aliphatic rings. The molecule has 0 unspecified atom stereocenters. The summed E-state index contributed by atoms with van der Waals surface area (Å²) in [5.41, 5.74) is 0.795. The third-order valence-electron chi connectivity index (χ3n) is 3.43. The lowest BCUT2D eigenvalue weighted by Crippen LogP contribution is -2.54. The molecule has 2 atom stereocenters. The molecule has 26 heavy (non-hydrogen) atoms. The fourth-order valence-electron chi connectivity index (χ4n) is 2.26. The minimum Gasteiger partial charge on any atom is -0.480 e. The van der Waals surface area contributed by atoms with Crippen LogP contribution in [0.25, 0.3) is 0 Å². The van der Waals surface area contributed by atoms with Gasteiger partial charge in [0.2, 0.25) is 17.7 Å². The molecule has 1 rings (SSSR count). The zero-order valence-electron chi connectivity index (χ0n) is 14.5. The number of carbonyl (C=O) groups excluding carboxylic acids is 3. The molecule has 0 saturated carbocycles. The highest BCUT2D eigenvalue weighted by atomic mass is 16.4. The fraction of sp³-hybridized carbons (Fsp3) is 0.333. The molecule has 0 radical (unpaired) electrons. The largest absolute Gasteiger partial charge is 0.480 e. The molecule has 0 fully saturated rings. The van der Waals surface area contributed by atoms with Crippen molar-refractivity contribution in [3.05, 3.63) is 48.6 Å². The number of carbonyl (C=O) groups is 4. The van der Waals surface area contributed by atoms with Crippen LogP contribution in [-0.4, -0.2) is 47.4 Å². The minimum absolute atomic E-state index is 0.179. The highest BCUT2D eigenvalue weighted by Crippen LogP contribution is 2.05. The maximum Gasteiger partial charge on any atom is 0.322 e. The second-order valence-corrected chi connectivity index (χ2v) is 5.64. The molecule has 1 aromatic rings. The van der Waals surface area contributed by atoms with Gasteiger partial charge in [0.25, 0.3) is 0 Å². The van der Waals surface area contributed by atoms with Crippen LogP contribution in [0.4, 0.5) is 0 Å². The van der Waals surface area contributed by atoms with Crippen molar-refractivity contribution < 1.29 is 24.3 Å². The molecular weight excluding hydrogens is 338 g/mol. The van der Waals surface area contributed by atoms with Gasteiger partial charge in [-0.15, -0.1) is 6.58 Å². The molecule has 0 aliphatic heterocycles. The quantitative estimate of drug-likeness (QED) is 0.437. The summed E-state index contributed by atoms with van der Waals surface area (Å²) in [5.74, 6) is -2.75. The van der Waals surface area contributed by atoms with Gasteiger partial charge < -0.3 is 21.1 Å². The molecule has 0 aliphatic carbocycles. The van der Waals surface area contributed by atoms with Crippen LogP contribution in [0.1, 0.15) is 18.9 Å². The van der Waals surface area contributed by atoms with Crippen molar-refractivity contribution in [2.45, 2.75) is 31.8 Å². The van der Waals surface area contributed by atoms with E-state index in [0.29, 0.717) is 0 Å². The highest BCUT2D eigenvalue weighted by Gasteiger charge is 2.26. The van der Waals surface area contributed by atoms with Gasteiger partial charge in [-0.2, -0.15) is 0 Å². The van der Waals surface area contributed by atoms with Crippen LogP contribution in [0.5, 0.6) is 0 Å². The first kappa shape index (κ1) is 20.9. The van der Waals surface area contributed by atoms with E-state index in [1.54, 1.807) is 24.3 Å². The highest BCUT2D eigenvalue weighted by molar-refractivity contribution is 5.92. The topological polar surface area (TPSA) is 125 Å². The number of rotatable bonds is 10.